The predicted molar refractivity (Wildman–Crippen MR) is 71.8 cm³/mol. The number of hydrogen-bond acceptors (Lipinski definition) is 4. The van der Waals surface area contributed by atoms with E-state index in [-0.39, 0.29) is 12.5 Å². The average Bonchev–Trinajstić information content (AvgIpc) is 2.44. The molecule has 0 aromatic heterocycles. The Morgan fingerprint density at radius 2 is 2.11 bits per heavy atom. The molecule has 1 aromatic rings. The minimum Gasteiger partial charge on any atom is -0.497 e. The molecule has 1 unspecified atom stereocenters. The van der Waals surface area contributed by atoms with E-state index in [0.717, 1.165) is 11.3 Å². The summed E-state index contributed by atoms with van der Waals surface area (Å²) in [5, 5.41) is 0. The maximum Gasteiger partial charge on any atom is 0.249 e. The van der Waals surface area contributed by atoms with E-state index in [0.29, 0.717) is 19.6 Å². The first-order valence-electron chi connectivity index (χ1n) is 6.31. The number of carbonyl (C=O) groups excluding carboxylic acids is 1. The molecule has 0 aliphatic carbocycles. The molecular formula is C14H20N2O3. The van der Waals surface area contributed by atoms with Crippen molar-refractivity contribution >= 4 is 5.91 Å². The molecule has 5 heteroatoms. The summed E-state index contributed by atoms with van der Waals surface area (Å²) >= 11 is 0. The van der Waals surface area contributed by atoms with E-state index >= 15 is 0 Å². The van der Waals surface area contributed by atoms with E-state index in [1.165, 1.54) is 0 Å². The molecule has 19 heavy (non-hydrogen) atoms. The van der Waals surface area contributed by atoms with Gasteiger partial charge in [-0.2, -0.15) is 0 Å². The van der Waals surface area contributed by atoms with Gasteiger partial charge in [-0.15, -0.1) is 0 Å². The van der Waals surface area contributed by atoms with Crippen LogP contribution in [0.4, 0.5) is 0 Å². The first-order chi connectivity index (χ1) is 9.06. The summed E-state index contributed by atoms with van der Waals surface area (Å²) in [5.41, 5.74) is 6.32. The second kappa shape index (κ2) is 5.59. The third-order valence-electron chi connectivity index (χ3n) is 3.39. The van der Waals surface area contributed by atoms with Gasteiger partial charge in [0.15, 0.2) is 0 Å². The highest BCUT2D eigenvalue weighted by molar-refractivity contribution is 5.78. The summed E-state index contributed by atoms with van der Waals surface area (Å²) < 4.78 is 10.6. The van der Waals surface area contributed by atoms with E-state index in [1.807, 2.05) is 31.2 Å². The molecule has 0 saturated carbocycles. The molecule has 2 N–H and O–H groups in total. The molecule has 1 saturated heterocycles. The van der Waals surface area contributed by atoms with Crippen LogP contribution in [-0.2, 0) is 16.1 Å². The highest BCUT2D eigenvalue weighted by Crippen LogP contribution is 2.20. The van der Waals surface area contributed by atoms with Gasteiger partial charge in [-0.1, -0.05) is 12.1 Å². The lowest BCUT2D eigenvalue weighted by Crippen LogP contribution is -2.56. The molecule has 1 aromatic carbocycles. The number of ether oxygens (including phenoxy) is 2. The summed E-state index contributed by atoms with van der Waals surface area (Å²) in [6.45, 7) is 3.53. The minimum atomic E-state index is -0.444. The van der Waals surface area contributed by atoms with E-state index in [1.54, 1.807) is 12.0 Å². The number of nitrogens with zero attached hydrogens (tertiary/aromatic N) is 1. The van der Waals surface area contributed by atoms with E-state index in [4.69, 9.17) is 15.2 Å². The van der Waals surface area contributed by atoms with Gasteiger partial charge < -0.3 is 20.1 Å². The van der Waals surface area contributed by atoms with Crippen LogP contribution in [0.25, 0.3) is 0 Å². The molecule has 2 rings (SSSR count). The molecule has 1 aliphatic heterocycles. The van der Waals surface area contributed by atoms with Gasteiger partial charge in [-0.05, 0) is 24.6 Å². The van der Waals surface area contributed by atoms with Gasteiger partial charge in [-0.3, -0.25) is 4.79 Å². The molecule has 0 spiro atoms. The highest BCUT2D eigenvalue weighted by Gasteiger charge is 2.34. The topological polar surface area (TPSA) is 64.8 Å². The molecular weight excluding hydrogens is 244 g/mol. The lowest BCUT2D eigenvalue weighted by Gasteiger charge is -2.39. The SMILES string of the molecule is COc1ccc(CN2CC(C)(CN)OCC2=O)cc1. The van der Waals surface area contributed by atoms with Crippen molar-refractivity contribution in [3.8, 4) is 5.75 Å². The van der Waals surface area contributed by atoms with Crippen molar-refractivity contribution in [2.75, 3.05) is 26.8 Å². The minimum absolute atomic E-state index is 0.00161. The first-order valence-corrected chi connectivity index (χ1v) is 6.31. The number of rotatable bonds is 4. The Balaban J connectivity index is 2.05. The Morgan fingerprint density at radius 3 is 2.68 bits per heavy atom. The third-order valence-corrected chi connectivity index (χ3v) is 3.39. The molecule has 0 radical (unpaired) electrons. The van der Waals surface area contributed by atoms with Crippen molar-refractivity contribution in [3.05, 3.63) is 29.8 Å². The van der Waals surface area contributed by atoms with Crippen LogP contribution in [0.2, 0.25) is 0 Å². The smallest absolute Gasteiger partial charge is 0.249 e. The van der Waals surface area contributed by atoms with E-state index < -0.39 is 5.60 Å². The van der Waals surface area contributed by atoms with Crippen molar-refractivity contribution in [1.29, 1.82) is 0 Å². The zero-order valence-electron chi connectivity index (χ0n) is 11.4. The first kappa shape index (κ1) is 13.8. The highest BCUT2D eigenvalue weighted by atomic mass is 16.5. The molecule has 1 atom stereocenters. The zero-order valence-corrected chi connectivity index (χ0v) is 11.4. The molecule has 1 aliphatic rings. The normalized spacial score (nSPS) is 23.5. The zero-order chi connectivity index (χ0) is 13.9. The fraction of sp³-hybridized carbons (Fsp3) is 0.500. The Labute approximate surface area is 113 Å². The molecule has 104 valence electrons. The molecule has 0 bridgehead atoms. The van der Waals surface area contributed by atoms with Crippen molar-refractivity contribution in [2.24, 2.45) is 5.73 Å². The van der Waals surface area contributed by atoms with Crippen LogP contribution < -0.4 is 10.5 Å². The standard InChI is InChI=1S/C14H20N2O3/c1-14(9-15)10-16(13(17)8-19-14)7-11-3-5-12(18-2)6-4-11/h3-6H,7-10,15H2,1-2H3. The molecule has 1 fully saturated rings. The Bertz CT molecular complexity index is 447. The quantitative estimate of drug-likeness (QED) is 0.872. The molecule has 1 amide bonds. The lowest BCUT2D eigenvalue weighted by molar-refractivity contribution is -0.160. The number of hydrogen-bond donors (Lipinski definition) is 1. The summed E-state index contributed by atoms with van der Waals surface area (Å²) in [7, 11) is 1.63. The number of morpholine rings is 1. The van der Waals surface area contributed by atoms with Crippen molar-refractivity contribution in [2.45, 2.75) is 19.1 Å². The fourth-order valence-electron chi connectivity index (χ4n) is 2.08. The van der Waals surface area contributed by atoms with Gasteiger partial charge >= 0.3 is 0 Å². The van der Waals surface area contributed by atoms with Crippen molar-refractivity contribution in [1.82, 2.24) is 4.90 Å². The Morgan fingerprint density at radius 1 is 1.42 bits per heavy atom. The van der Waals surface area contributed by atoms with E-state index in [2.05, 4.69) is 0 Å². The van der Waals surface area contributed by atoms with Gasteiger partial charge in [0, 0.05) is 13.1 Å². The van der Waals surface area contributed by atoms with Gasteiger partial charge in [0.05, 0.1) is 19.3 Å². The van der Waals surface area contributed by atoms with Gasteiger partial charge in [-0.25, -0.2) is 0 Å². The number of benzene rings is 1. The van der Waals surface area contributed by atoms with E-state index in [9.17, 15) is 4.79 Å². The van der Waals surface area contributed by atoms with Crippen molar-refractivity contribution < 1.29 is 14.3 Å². The maximum absolute atomic E-state index is 11.9. The number of methoxy groups -OCH3 is 1. The number of carbonyl (C=O) groups is 1. The molecule has 1 heterocycles. The Hall–Kier alpha value is -1.59. The monoisotopic (exact) mass is 264 g/mol. The second-order valence-electron chi connectivity index (χ2n) is 5.04. The van der Waals surface area contributed by atoms with Crippen molar-refractivity contribution in [3.63, 3.8) is 0 Å². The maximum atomic E-state index is 11.9. The van der Waals surface area contributed by atoms with Crippen LogP contribution in [0.1, 0.15) is 12.5 Å². The average molecular weight is 264 g/mol. The van der Waals surface area contributed by atoms with Crippen LogP contribution >= 0.6 is 0 Å². The van der Waals surface area contributed by atoms with Crippen LogP contribution in [0.5, 0.6) is 5.75 Å². The summed E-state index contributed by atoms with van der Waals surface area (Å²) in [5.74, 6) is 0.811. The second-order valence-corrected chi connectivity index (χ2v) is 5.04. The third kappa shape index (κ3) is 3.24. The number of amides is 1. The molecule has 5 nitrogen and oxygen atoms in total. The number of nitrogens with two attached hydrogens (primary N) is 1. The summed E-state index contributed by atoms with van der Waals surface area (Å²) in [4.78, 5) is 13.7. The predicted octanol–water partition coefficient (Wildman–Crippen LogP) is 0.771. The van der Waals surface area contributed by atoms with Crippen LogP contribution in [0.3, 0.4) is 0 Å². The summed E-state index contributed by atoms with van der Waals surface area (Å²) in [6.07, 6.45) is 0. The van der Waals surface area contributed by atoms with Crippen LogP contribution in [0, 0.1) is 0 Å². The lowest BCUT2D eigenvalue weighted by atomic mass is 10.0. The largest absolute Gasteiger partial charge is 0.497 e. The Kier molecular flexibility index (Phi) is 4.07. The summed E-state index contributed by atoms with van der Waals surface area (Å²) in [6, 6.07) is 7.70. The van der Waals surface area contributed by atoms with Crippen LogP contribution in [0.15, 0.2) is 24.3 Å². The fourth-order valence-corrected chi connectivity index (χ4v) is 2.08. The van der Waals surface area contributed by atoms with Gasteiger partial charge in [0.2, 0.25) is 5.91 Å². The van der Waals surface area contributed by atoms with Gasteiger partial charge in [0.25, 0.3) is 0 Å². The van der Waals surface area contributed by atoms with Crippen LogP contribution in [-0.4, -0.2) is 43.2 Å². The van der Waals surface area contributed by atoms with Gasteiger partial charge in [0.1, 0.15) is 12.4 Å².